The lowest BCUT2D eigenvalue weighted by atomic mass is 9.62. The Bertz CT molecular complexity index is 1270. The van der Waals surface area contributed by atoms with Crippen molar-refractivity contribution in [2.75, 3.05) is 11.9 Å². The molecule has 1 aliphatic carbocycles. The number of carbonyl (C=O) groups excluding carboxylic acids is 2. The molecule has 1 saturated heterocycles. The van der Waals surface area contributed by atoms with Crippen LogP contribution in [0.1, 0.15) is 69.9 Å². The van der Waals surface area contributed by atoms with E-state index in [1.165, 1.54) is 12.1 Å². The molecule has 39 heavy (non-hydrogen) atoms. The fourth-order valence-electron chi connectivity index (χ4n) is 6.84. The first-order chi connectivity index (χ1) is 18.4. The van der Waals surface area contributed by atoms with E-state index in [0.717, 1.165) is 31.2 Å². The summed E-state index contributed by atoms with van der Waals surface area (Å²) in [6.07, 6.45) is 3.46. The van der Waals surface area contributed by atoms with E-state index in [1.807, 2.05) is 6.07 Å². The zero-order valence-corrected chi connectivity index (χ0v) is 24.0. The Morgan fingerprint density at radius 2 is 1.87 bits per heavy atom. The van der Waals surface area contributed by atoms with Crippen molar-refractivity contribution in [1.82, 2.24) is 10.6 Å². The van der Waals surface area contributed by atoms with Gasteiger partial charge in [0.25, 0.3) is 0 Å². The fraction of sp³-hybridized carbons (Fsp3) is 0.533. The second-order valence-electron chi connectivity index (χ2n) is 12.5. The predicted molar refractivity (Wildman–Crippen MR) is 152 cm³/mol. The average Bonchev–Trinajstić information content (AvgIpc) is 3.33. The van der Waals surface area contributed by atoms with Crippen LogP contribution >= 0.6 is 23.2 Å². The number of benzene rings is 2. The van der Waals surface area contributed by atoms with Crippen LogP contribution in [0.4, 0.5) is 10.1 Å². The third-order valence-corrected chi connectivity index (χ3v) is 9.10. The maximum atomic E-state index is 15.0. The van der Waals surface area contributed by atoms with Crippen LogP contribution in [0.25, 0.3) is 0 Å². The van der Waals surface area contributed by atoms with Crippen molar-refractivity contribution in [3.8, 4) is 0 Å². The summed E-state index contributed by atoms with van der Waals surface area (Å²) in [6, 6.07) is 8.78. The molecule has 4 atom stereocenters. The van der Waals surface area contributed by atoms with Crippen LogP contribution in [-0.4, -0.2) is 41.7 Å². The van der Waals surface area contributed by atoms with E-state index in [1.54, 1.807) is 18.2 Å². The lowest BCUT2D eigenvalue weighted by molar-refractivity contribution is -0.124. The Morgan fingerprint density at radius 3 is 2.54 bits per heavy atom. The summed E-state index contributed by atoms with van der Waals surface area (Å²) in [5.41, 5.74) is 0.214. The Labute approximate surface area is 239 Å². The van der Waals surface area contributed by atoms with Gasteiger partial charge in [0, 0.05) is 29.2 Å². The van der Waals surface area contributed by atoms with Crippen LogP contribution < -0.4 is 16.0 Å². The van der Waals surface area contributed by atoms with E-state index >= 15 is 0 Å². The van der Waals surface area contributed by atoms with Gasteiger partial charge in [-0.15, -0.1) is 0 Å². The van der Waals surface area contributed by atoms with Crippen molar-refractivity contribution >= 4 is 40.7 Å². The Hall–Kier alpha value is -2.19. The van der Waals surface area contributed by atoms with Crippen LogP contribution in [0.15, 0.2) is 36.4 Å². The number of aliphatic hydroxyl groups is 1. The van der Waals surface area contributed by atoms with Gasteiger partial charge in [-0.1, -0.05) is 56.1 Å². The molecule has 6 nitrogen and oxygen atoms in total. The Kier molecular flexibility index (Phi) is 7.74. The van der Waals surface area contributed by atoms with Gasteiger partial charge >= 0.3 is 0 Å². The molecular formula is C30H36Cl2FN3O3. The van der Waals surface area contributed by atoms with E-state index < -0.39 is 29.2 Å². The number of rotatable bonds is 5. The molecule has 2 aliphatic heterocycles. The topological polar surface area (TPSA) is 90.5 Å². The van der Waals surface area contributed by atoms with Crippen molar-refractivity contribution in [1.29, 1.82) is 0 Å². The van der Waals surface area contributed by atoms with Crippen molar-refractivity contribution in [2.24, 2.45) is 11.3 Å². The van der Waals surface area contributed by atoms with Gasteiger partial charge in [-0.2, -0.15) is 0 Å². The van der Waals surface area contributed by atoms with Gasteiger partial charge in [-0.25, -0.2) is 4.39 Å². The normalized spacial score (nSPS) is 30.3. The molecule has 3 aliphatic rings. The molecule has 0 bridgehead atoms. The van der Waals surface area contributed by atoms with E-state index in [9.17, 15) is 19.1 Å². The molecule has 9 heteroatoms. The molecule has 2 fully saturated rings. The second-order valence-corrected chi connectivity index (χ2v) is 13.4. The van der Waals surface area contributed by atoms with Gasteiger partial charge in [0.1, 0.15) is 11.2 Å². The summed E-state index contributed by atoms with van der Waals surface area (Å²) in [5, 5.41) is 19.9. The molecule has 2 amide bonds. The highest BCUT2D eigenvalue weighted by atomic mass is 35.5. The minimum absolute atomic E-state index is 0.0735. The van der Waals surface area contributed by atoms with Gasteiger partial charge < -0.3 is 21.1 Å². The monoisotopic (exact) mass is 575 g/mol. The van der Waals surface area contributed by atoms with Crippen molar-refractivity contribution in [2.45, 2.75) is 82.4 Å². The molecule has 0 aromatic heterocycles. The summed E-state index contributed by atoms with van der Waals surface area (Å²) < 4.78 is 15.0. The van der Waals surface area contributed by atoms with E-state index in [4.69, 9.17) is 23.2 Å². The molecule has 5 rings (SSSR count). The lowest BCUT2D eigenvalue weighted by Gasteiger charge is -2.37. The number of fused-ring (bicyclic) bond motifs is 2. The Balaban J connectivity index is 1.60. The smallest absolute Gasteiger partial charge is 0.237 e. The summed E-state index contributed by atoms with van der Waals surface area (Å²) >= 11 is 12.5. The minimum Gasteiger partial charge on any atom is -0.393 e. The number of hydrogen-bond donors (Lipinski definition) is 4. The molecule has 4 N–H and O–H groups in total. The van der Waals surface area contributed by atoms with Crippen LogP contribution in [0.5, 0.6) is 0 Å². The first-order valence-corrected chi connectivity index (χ1v) is 14.4. The highest BCUT2D eigenvalue weighted by Crippen LogP contribution is 2.57. The van der Waals surface area contributed by atoms with Crippen molar-refractivity contribution < 1.29 is 19.1 Å². The number of anilines is 1. The maximum absolute atomic E-state index is 15.0. The number of aliphatic hydroxyl groups excluding tert-OH is 1. The second kappa shape index (κ2) is 10.7. The summed E-state index contributed by atoms with van der Waals surface area (Å²) in [4.78, 5) is 28.1. The number of amides is 2. The number of hydrogen-bond acceptors (Lipinski definition) is 4. The third kappa shape index (κ3) is 5.31. The predicted octanol–water partition coefficient (Wildman–Crippen LogP) is 5.55. The van der Waals surface area contributed by atoms with E-state index in [0.29, 0.717) is 29.2 Å². The van der Waals surface area contributed by atoms with Gasteiger partial charge in [-0.05, 0) is 78.8 Å². The van der Waals surface area contributed by atoms with Crippen LogP contribution in [0.2, 0.25) is 10.0 Å². The highest BCUT2D eigenvalue weighted by Gasteiger charge is 2.65. The number of halogens is 3. The molecule has 1 saturated carbocycles. The SMILES string of the molecule is CC(C)(C)C[C@@H]1N[C@@H](C(=O)NCC2CCC(O)CC2)[C@H](c2cccc(Cl)c2)[C@]12C(=O)Nc1cc(Cl)c(F)cc12. The van der Waals surface area contributed by atoms with Crippen LogP contribution in [0, 0.1) is 17.2 Å². The third-order valence-electron chi connectivity index (χ3n) is 8.57. The average molecular weight is 577 g/mol. The van der Waals surface area contributed by atoms with Gasteiger partial charge in [0.15, 0.2) is 0 Å². The van der Waals surface area contributed by atoms with E-state index in [-0.39, 0.29) is 34.3 Å². The number of nitrogens with one attached hydrogen (secondary N) is 3. The molecule has 2 aromatic carbocycles. The first kappa shape index (κ1) is 28.3. The van der Waals surface area contributed by atoms with Crippen LogP contribution in [-0.2, 0) is 15.0 Å². The van der Waals surface area contributed by atoms with Crippen molar-refractivity contribution in [3.05, 3.63) is 63.4 Å². The summed E-state index contributed by atoms with van der Waals surface area (Å²) in [5.74, 6) is -1.48. The standard InChI is InChI=1S/C30H36Cl2FN3O3/c1-29(2,3)14-24-30(20-12-22(33)21(32)13-23(20)35-28(30)39)25(17-5-4-6-18(31)11-17)26(36-24)27(38)34-15-16-7-9-19(37)10-8-16/h4-6,11-13,16,19,24-26,36-37H,7-10,14-15H2,1-3H3,(H,34,38)(H,35,39)/t16?,19?,24-,25-,26+,30+/m0/s1. The van der Waals surface area contributed by atoms with Gasteiger partial charge in [-0.3, -0.25) is 9.59 Å². The molecular weight excluding hydrogens is 540 g/mol. The maximum Gasteiger partial charge on any atom is 0.237 e. The highest BCUT2D eigenvalue weighted by molar-refractivity contribution is 6.31. The molecule has 0 radical (unpaired) electrons. The molecule has 2 aromatic rings. The largest absolute Gasteiger partial charge is 0.393 e. The van der Waals surface area contributed by atoms with Gasteiger partial charge in [0.2, 0.25) is 11.8 Å². The zero-order valence-electron chi connectivity index (χ0n) is 22.5. The molecule has 210 valence electrons. The summed E-state index contributed by atoms with van der Waals surface area (Å²) in [7, 11) is 0. The number of carbonyl (C=O) groups is 2. The molecule has 1 spiro atoms. The molecule has 2 heterocycles. The van der Waals surface area contributed by atoms with Crippen molar-refractivity contribution in [3.63, 3.8) is 0 Å². The quantitative estimate of drug-likeness (QED) is 0.376. The first-order valence-electron chi connectivity index (χ1n) is 13.7. The lowest BCUT2D eigenvalue weighted by Crippen LogP contribution is -2.49. The Morgan fingerprint density at radius 1 is 1.15 bits per heavy atom. The van der Waals surface area contributed by atoms with Gasteiger partial charge in [0.05, 0.1) is 17.2 Å². The van der Waals surface area contributed by atoms with Crippen LogP contribution in [0.3, 0.4) is 0 Å². The zero-order chi connectivity index (χ0) is 28.1. The fourth-order valence-corrected chi connectivity index (χ4v) is 7.20. The minimum atomic E-state index is -1.27. The van der Waals surface area contributed by atoms with E-state index in [2.05, 4.69) is 36.7 Å². The molecule has 0 unspecified atom stereocenters. The summed E-state index contributed by atoms with van der Waals surface area (Å²) in [6.45, 7) is 6.74.